The molecule has 0 aliphatic rings. The summed E-state index contributed by atoms with van der Waals surface area (Å²) in [6.45, 7) is 6.48. The molecule has 1 atom stereocenters. The van der Waals surface area contributed by atoms with E-state index in [1.54, 1.807) is 11.8 Å². The van der Waals surface area contributed by atoms with Gasteiger partial charge in [-0.3, -0.25) is 0 Å². The maximum Gasteiger partial charge on any atom is 0.119 e. The lowest BCUT2D eigenvalue weighted by Gasteiger charge is -2.07. The highest BCUT2D eigenvalue weighted by atomic mass is 32.2. The summed E-state index contributed by atoms with van der Waals surface area (Å²) in [7, 11) is 0. The highest BCUT2D eigenvalue weighted by molar-refractivity contribution is 7.98. The Morgan fingerprint density at radius 3 is 2.65 bits per heavy atom. The summed E-state index contributed by atoms with van der Waals surface area (Å²) >= 11 is 1.69. The molecule has 0 aliphatic heterocycles. The first-order chi connectivity index (χ1) is 8.22. The van der Waals surface area contributed by atoms with Crippen molar-refractivity contribution >= 4 is 11.8 Å². The largest absolute Gasteiger partial charge is 0.494 e. The summed E-state index contributed by atoms with van der Waals surface area (Å²) in [5.41, 5.74) is 1.25. The van der Waals surface area contributed by atoms with Crippen molar-refractivity contribution in [3.8, 4) is 5.75 Å². The van der Waals surface area contributed by atoms with Crippen molar-refractivity contribution in [3.05, 3.63) is 36.8 Å². The first kappa shape index (κ1) is 14.4. The molecule has 1 aromatic rings. The third-order valence-electron chi connectivity index (χ3n) is 2.27. The average Bonchev–Trinajstić information content (AvgIpc) is 2.31. The van der Waals surface area contributed by atoms with Gasteiger partial charge in [0.2, 0.25) is 0 Å². The third-order valence-corrected chi connectivity index (χ3v) is 3.43. The van der Waals surface area contributed by atoms with Gasteiger partial charge in [-0.15, -0.1) is 0 Å². The summed E-state index contributed by atoms with van der Waals surface area (Å²) in [6.07, 6.45) is 1.78. The van der Waals surface area contributed by atoms with E-state index in [4.69, 9.17) is 9.84 Å². The molecule has 1 rings (SSSR count). The van der Waals surface area contributed by atoms with E-state index in [0.717, 1.165) is 31.0 Å². The fraction of sp³-hybridized carbons (Fsp3) is 0.500. The van der Waals surface area contributed by atoms with Crippen LogP contribution < -0.4 is 4.74 Å². The summed E-state index contributed by atoms with van der Waals surface area (Å²) in [6, 6.07) is 8.16. The molecule has 0 aliphatic carbocycles. The van der Waals surface area contributed by atoms with Gasteiger partial charge in [-0.05, 0) is 31.0 Å². The molecule has 0 amide bonds. The van der Waals surface area contributed by atoms with Gasteiger partial charge in [0, 0.05) is 11.5 Å². The van der Waals surface area contributed by atoms with Crippen LogP contribution in [0.4, 0.5) is 0 Å². The van der Waals surface area contributed by atoms with Gasteiger partial charge < -0.3 is 9.84 Å². The Morgan fingerprint density at radius 2 is 2.06 bits per heavy atom. The van der Waals surface area contributed by atoms with Crippen LogP contribution in [0.2, 0.25) is 0 Å². The number of rotatable bonds is 8. The van der Waals surface area contributed by atoms with Crippen molar-refractivity contribution < 1.29 is 9.84 Å². The van der Waals surface area contributed by atoms with Crippen LogP contribution in [-0.4, -0.2) is 23.6 Å². The van der Waals surface area contributed by atoms with Crippen LogP contribution in [-0.2, 0) is 5.75 Å². The van der Waals surface area contributed by atoms with Gasteiger partial charge in [0.25, 0.3) is 0 Å². The number of aliphatic hydroxyl groups excluding tert-OH is 1. The van der Waals surface area contributed by atoms with Crippen LogP contribution in [0.5, 0.6) is 5.75 Å². The lowest BCUT2D eigenvalue weighted by molar-refractivity contribution is 0.246. The molecule has 0 saturated carbocycles. The average molecular weight is 253 g/mol. The van der Waals surface area contributed by atoms with Crippen molar-refractivity contribution in [2.24, 2.45) is 0 Å². The van der Waals surface area contributed by atoms with Crippen LogP contribution in [0, 0.1) is 6.92 Å². The quantitative estimate of drug-likeness (QED) is 0.721. The number of ether oxygens (including phenoxy) is 1. The van der Waals surface area contributed by atoms with Gasteiger partial charge in [0.05, 0.1) is 12.7 Å². The van der Waals surface area contributed by atoms with Crippen LogP contribution in [0.3, 0.4) is 0 Å². The molecule has 0 bridgehead atoms. The van der Waals surface area contributed by atoms with Gasteiger partial charge in [-0.1, -0.05) is 25.5 Å². The predicted octanol–water partition coefficient (Wildman–Crippen LogP) is 3.29. The van der Waals surface area contributed by atoms with Crippen molar-refractivity contribution in [3.63, 3.8) is 0 Å². The highest BCUT2D eigenvalue weighted by Gasteiger charge is 1.99. The van der Waals surface area contributed by atoms with E-state index in [1.807, 2.05) is 12.1 Å². The second kappa shape index (κ2) is 8.43. The zero-order chi connectivity index (χ0) is 12.5. The van der Waals surface area contributed by atoms with Crippen LogP contribution in [0.25, 0.3) is 0 Å². The second-order valence-electron chi connectivity index (χ2n) is 4.01. The lowest BCUT2D eigenvalue weighted by Crippen LogP contribution is -2.03. The van der Waals surface area contributed by atoms with E-state index < -0.39 is 6.10 Å². The normalized spacial score (nSPS) is 12.4. The first-order valence-electron chi connectivity index (χ1n) is 6.03. The Balaban J connectivity index is 2.29. The van der Waals surface area contributed by atoms with Crippen molar-refractivity contribution in [2.45, 2.75) is 31.6 Å². The molecule has 95 valence electrons. The third kappa shape index (κ3) is 6.59. The molecule has 17 heavy (non-hydrogen) atoms. The summed E-state index contributed by atoms with van der Waals surface area (Å²) < 4.78 is 5.59. The van der Waals surface area contributed by atoms with Gasteiger partial charge in [0.15, 0.2) is 0 Å². The van der Waals surface area contributed by atoms with Gasteiger partial charge in [0.1, 0.15) is 5.75 Å². The minimum atomic E-state index is -0.475. The topological polar surface area (TPSA) is 29.5 Å². The van der Waals surface area contributed by atoms with Gasteiger partial charge in [-0.2, -0.15) is 11.8 Å². The molecular formula is C14H21O2S. The molecule has 0 spiro atoms. The lowest BCUT2D eigenvalue weighted by atomic mass is 10.2. The van der Waals surface area contributed by atoms with E-state index in [0.29, 0.717) is 5.75 Å². The zero-order valence-electron chi connectivity index (χ0n) is 10.4. The molecule has 2 nitrogen and oxygen atoms in total. The van der Waals surface area contributed by atoms with E-state index in [2.05, 4.69) is 26.0 Å². The van der Waals surface area contributed by atoms with Crippen LogP contribution in [0.1, 0.15) is 25.3 Å². The molecule has 0 heterocycles. The molecule has 1 aromatic carbocycles. The standard InChI is InChI=1S/C14H21O2S/c1-3-4-9-16-14-7-5-13(6-8-14)11-17-10-12(2)15/h5-8,12,15H,2-4,9-11H2,1H3. The van der Waals surface area contributed by atoms with E-state index in [9.17, 15) is 0 Å². The van der Waals surface area contributed by atoms with Crippen LogP contribution >= 0.6 is 11.8 Å². The van der Waals surface area contributed by atoms with E-state index in [-0.39, 0.29) is 0 Å². The Hall–Kier alpha value is -0.670. The van der Waals surface area contributed by atoms with Gasteiger partial charge in [-0.25, -0.2) is 0 Å². The van der Waals surface area contributed by atoms with Crippen molar-refractivity contribution in [1.82, 2.24) is 0 Å². The SMILES string of the molecule is [CH2]C(O)CSCc1ccc(OCCCC)cc1. The number of hydrogen-bond donors (Lipinski definition) is 1. The Morgan fingerprint density at radius 1 is 1.35 bits per heavy atom. The monoisotopic (exact) mass is 253 g/mol. The molecule has 1 N–H and O–H groups in total. The Bertz CT molecular complexity index is 296. The molecule has 0 saturated heterocycles. The Labute approximate surface area is 108 Å². The number of benzene rings is 1. The van der Waals surface area contributed by atoms with Crippen molar-refractivity contribution in [2.75, 3.05) is 12.4 Å². The number of unbranched alkanes of at least 4 members (excludes halogenated alkanes) is 1. The highest BCUT2D eigenvalue weighted by Crippen LogP contribution is 2.17. The van der Waals surface area contributed by atoms with Crippen molar-refractivity contribution in [1.29, 1.82) is 0 Å². The summed E-state index contributed by atoms with van der Waals surface area (Å²) in [5.74, 6) is 2.51. The maximum atomic E-state index is 9.04. The molecular weight excluding hydrogens is 232 g/mol. The molecule has 1 unspecified atom stereocenters. The molecule has 3 heteroatoms. The van der Waals surface area contributed by atoms with E-state index >= 15 is 0 Å². The number of hydrogen-bond acceptors (Lipinski definition) is 3. The maximum absolute atomic E-state index is 9.04. The molecule has 0 aromatic heterocycles. The second-order valence-corrected chi connectivity index (χ2v) is 5.05. The van der Waals surface area contributed by atoms with Gasteiger partial charge >= 0.3 is 0 Å². The Kier molecular flexibility index (Phi) is 7.13. The van der Waals surface area contributed by atoms with Crippen LogP contribution in [0.15, 0.2) is 24.3 Å². The molecule has 0 fully saturated rings. The smallest absolute Gasteiger partial charge is 0.119 e. The summed E-state index contributed by atoms with van der Waals surface area (Å²) in [5, 5.41) is 9.04. The minimum Gasteiger partial charge on any atom is -0.494 e. The van der Waals surface area contributed by atoms with E-state index in [1.165, 1.54) is 5.56 Å². The zero-order valence-corrected chi connectivity index (χ0v) is 11.2. The first-order valence-corrected chi connectivity index (χ1v) is 7.18. The summed E-state index contributed by atoms with van der Waals surface area (Å²) in [4.78, 5) is 0. The predicted molar refractivity (Wildman–Crippen MR) is 74.4 cm³/mol. The minimum absolute atomic E-state index is 0.475. The number of thioether (sulfide) groups is 1. The fourth-order valence-corrected chi connectivity index (χ4v) is 2.15. The fourth-order valence-electron chi connectivity index (χ4n) is 1.33. The number of aliphatic hydroxyl groups is 1. The molecule has 1 radical (unpaired) electrons.